The molecule has 0 fully saturated rings. The number of amides is 1. The summed E-state index contributed by atoms with van der Waals surface area (Å²) >= 11 is 1.69. The molecule has 1 amide bonds. The van der Waals surface area contributed by atoms with Gasteiger partial charge < -0.3 is 5.32 Å². The van der Waals surface area contributed by atoms with E-state index in [0.717, 1.165) is 17.1 Å². The number of thiophene rings is 1. The molecule has 2 aromatic heterocycles. The van der Waals surface area contributed by atoms with E-state index in [1.165, 1.54) is 16.0 Å². The molecule has 5 heteroatoms. The van der Waals surface area contributed by atoms with Crippen LogP contribution in [0.3, 0.4) is 0 Å². The van der Waals surface area contributed by atoms with Gasteiger partial charge in [0.15, 0.2) is 0 Å². The minimum absolute atomic E-state index is 0.0430. The molecule has 1 aliphatic rings. The van der Waals surface area contributed by atoms with Gasteiger partial charge in [0.2, 0.25) is 5.91 Å². The van der Waals surface area contributed by atoms with Crippen LogP contribution in [0, 0.1) is 13.8 Å². The molecule has 1 aromatic carbocycles. The number of aryl methyl sites for hydroxylation is 2. The van der Waals surface area contributed by atoms with Gasteiger partial charge in [-0.05, 0) is 48.6 Å². The fourth-order valence-corrected chi connectivity index (χ4v) is 3.86. The normalized spacial score (nSPS) is 17.0. The molecule has 0 radical (unpaired) electrons. The van der Waals surface area contributed by atoms with Crippen LogP contribution < -0.4 is 5.32 Å². The quantitative estimate of drug-likeness (QED) is 0.774. The average molecular weight is 323 g/mol. The maximum atomic E-state index is 12.2. The van der Waals surface area contributed by atoms with Gasteiger partial charge in [-0.25, -0.2) is 4.68 Å². The standard InChI is InChI=1S/C18H17N3OS/c1-11-5-6-13(8-12(11)2)21-18-15(10-19-21)14(9-17(22)20-18)16-4-3-7-23-16/h3-8,10,14H,9H2,1-2H3,(H,20,22). The predicted octanol–water partition coefficient (Wildman–Crippen LogP) is 4.02. The van der Waals surface area contributed by atoms with Gasteiger partial charge in [-0.1, -0.05) is 12.1 Å². The van der Waals surface area contributed by atoms with Gasteiger partial charge in [-0.2, -0.15) is 5.10 Å². The number of benzene rings is 1. The van der Waals surface area contributed by atoms with Crippen LogP contribution in [0.4, 0.5) is 5.82 Å². The monoisotopic (exact) mass is 323 g/mol. The first-order valence-corrected chi connectivity index (χ1v) is 8.50. The third-order valence-corrected chi connectivity index (χ3v) is 5.43. The third-order valence-electron chi connectivity index (χ3n) is 4.44. The number of aromatic nitrogens is 2. The molecule has 0 saturated carbocycles. The molecule has 116 valence electrons. The molecule has 1 N–H and O–H groups in total. The number of nitrogens with zero attached hydrogens (tertiary/aromatic N) is 2. The second-order valence-electron chi connectivity index (χ2n) is 5.95. The van der Waals surface area contributed by atoms with Crippen molar-refractivity contribution < 1.29 is 4.79 Å². The highest BCUT2D eigenvalue weighted by atomic mass is 32.1. The Morgan fingerprint density at radius 2 is 2.13 bits per heavy atom. The van der Waals surface area contributed by atoms with E-state index in [1.54, 1.807) is 11.3 Å². The average Bonchev–Trinajstić information content (AvgIpc) is 3.18. The first kappa shape index (κ1) is 14.2. The second-order valence-corrected chi connectivity index (χ2v) is 6.93. The maximum absolute atomic E-state index is 12.2. The molecule has 4 nitrogen and oxygen atoms in total. The fraction of sp³-hybridized carbons (Fsp3) is 0.222. The Labute approximate surface area is 138 Å². The van der Waals surface area contributed by atoms with Crippen molar-refractivity contribution >= 4 is 23.1 Å². The molecule has 1 unspecified atom stereocenters. The Bertz CT molecular complexity index is 880. The zero-order valence-corrected chi connectivity index (χ0v) is 13.9. The molecular formula is C18H17N3OS. The third kappa shape index (κ3) is 2.37. The highest BCUT2D eigenvalue weighted by molar-refractivity contribution is 7.10. The summed E-state index contributed by atoms with van der Waals surface area (Å²) in [6, 6.07) is 10.3. The van der Waals surface area contributed by atoms with Gasteiger partial charge in [0.1, 0.15) is 5.82 Å². The number of nitrogens with one attached hydrogen (secondary N) is 1. The van der Waals surface area contributed by atoms with Gasteiger partial charge in [0, 0.05) is 22.8 Å². The van der Waals surface area contributed by atoms with Crippen LogP contribution in [-0.4, -0.2) is 15.7 Å². The Morgan fingerprint density at radius 1 is 1.26 bits per heavy atom. The lowest BCUT2D eigenvalue weighted by Gasteiger charge is -2.22. The summed E-state index contributed by atoms with van der Waals surface area (Å²) in [5.41, 5.74) is 4.52. The molecule has 4 rings (SSSR count). The van der Waals surface area contributed by atoms with Crippen molar-refractivity contribution in [2.45, 2.75) is 26.2 Å². The van der Waals surface area contributed by atoms with E-state index in [4.69, 9.17) is 0 Å². The van der Waals surface area contributed by atoms with Gasteiger partial charge in [-0.3, -0.25) is 4.79 Å². The maximum Gasteiger partial charge on any atom is 0.226 e. The second kappa shape index (κ2) is 5.35. The van der Waals surface area contributed by atoms with Crippen LogP contribution in [0.1, 0.15) is 33.9 Å². The fourth-order valence-electron chi connectivity index (χ4n) is 3.02. The topological polar surface area (TPSA) is 46.9 Å². The summed E-state index contributed by atoms with van der Waals surface area (Å²) in [6.07, 6.45) is 2.36. The molecule has 1 atom stereocenters. The molecule has 0 saturated heterocycles. The Morgan fingerprint density at radius 3 is 2.87 bits per heavy atom. The minimum atomic E-state index is 0.0430. The number of anilines is 1. The highest BCUT2D eigenvalue weighted by Crippen LogP contribution is 2.39. The van der Waals surface area contributed by atoms with E-state index >= 15 is 0 Å². The summed E-state index contributed by atoms with van der Waals surface area (Å²) in [6.45, 7) is 4.17. The molecule has 3 heterocycles. The van der Waals surface area contributed by atoms with E-state index in [1.807, 2.05) is 23.0 Å². The number of hydrogen-bond donors (Lipinski definition) is 1. The molecule has 1 aliphatic heterocycles. The lowest BCUT2D eigenvalue weighted by molar-refractivity contribution is -0.116. The van der Waals surface area contributed by atoms with Crippen LogP contribution >= 0.6 is 11.3 Å². The van der Waals surface area contributed by atoms with E-state index < -0.39 is 0 Å². The van der Waals surface area contributed by atoms with Gasteiger partial charge in [0.25, 0.3) is 0 Å². The van der Waals surface area contributed by atoms with Crippen molar-refractivity contribution in [3.8, 4) is 5.69 Å². The van der Waals surface area contributed by atoms with Crippen molar-refractivity contribution in [1.29, 1.82) is 0 Å². The zero-order valence-electron chi connectivity index (χ0n) is 13.0. The lowest BCUT2D eigenvalue weighted by Crippen LogP contribution is -2.24. The molecule has 0 bridgehead atoms. The van der Waals surface area contributed by atoms with Gasteiger partial charge in [0.05, 0.1) is 11.9 Å². The van der Waals surface area contributed by atoms with Crippen LogP contribution in [-0.2, 0) is 4.79 Å². The Hall–Kier alpha value is -2.40. The van der Waals surface area contributed by atoms with Crippen molar-refractivity contribution in [2.24, 2.45) is 0 Å². The number of carbonyl (C=O) groups excluding carboxylic acids is 1. The first-order chi connectivity index (χ1) is 11.1. The number of fused-ring (bicyclic) bond motifs is 1. The predicted molar refractivity (Wildman–Crippen MR) is 92.4 cm³/mol. The van der Waals surface area contributed by atoms with Gasteiger partial charge in [-0.15, -0.1) is 11.3 Å². The highest BCUT2D eigenvalue weighted by Gasteiger charge is 2.30. The van der Waals surface area contributed by atoms with Gasteiger partial charge >= 0.3 is 0 Å². The lowest BCUT2D eigenvalue weighted by atomic mass is 9.93. The SMILES string of the molecule is Cc1ccc(-n2ncc3c2NC(=O)CC3c2cccs2)cc1C. The van der Waals surface area contributed by atoms with Crippen LogP contribution in [0.25, 0.3) is 5.69 Å². The van der Waals surface area contributed by atoms with Crippen molar-refractivity contribution in [3.05, 3.63) is 63.5 Å². The Balaban J connectivity index is 1.83. The summed E-state index contributed by atoms with van der Waals surface area (Å²) in [5, 5.41) is 9.59. The summed E-state index contributed by atoms with van der Waals surface area (Å²) < 4.78 is 1.83. The summed E-state index contributed by atoms with van der Waals surface area (Å²) in [7, 11) is 0. The van der Waals surface area contributed by atoms with Crippen molar-refractivity contribution in [3.63, 3.8) is 0 Å². The molecule has 0 aliphatic carbocycles. The van der Waals surface area contributed by atoms with Crippen LogP contribution in [0.5, 0.6) is 0 Å². The number of rotatable bonds is 2. The van der Waals surface area contributed by atoms with Crippen LogP contribution in [0.2, 0.25) is 0 Å². The zero-order chi connectivity index (χ0) is 16.0. The first-order valence-electron chi connectivity index (χ1n) is 7.62. The minimum Gasteiger partial charge on any atom is -0.310 e. The summed E-state index contributed by atoms with van der Waals surface area (Å²) in [5.74, 6) is 0.934. The smallest absolute Gasteiger partial charge is 0.226 e. The molecule has 0 spiro atoms. The molecule has 3 aromatic rings. The number of carbonyl (C=O) groups is 1. The van der Waals surface area contributed by atoms with E-state index in [9.17, 15) is 4.79 Å². The molecular weight excluding hydrogens is 306 g/mol. The van der Waals surface area contributed by atoms with E-state index in [0.29, 0.717) is 6.42 Å². The van der Waals surface area contributed by atoms with Crippen molar-refractivity contribution in [1.82, 2.24) is 9.78 Å². The Kier molecular flexibility index (Phi) is 3.31. The van der Waals surface area contributed by atoms with Crippen molar-refractivity contribution in [2.75, 3.05) is 5.32 Å². The summed E-state index contributed by atoms with van der Waals surface area (Å²) in [4.78, 5) is 13.4. The number of hydrogen-bond acceptors (Lipinski definition) is 3. The molecule has 23 heavy (non-hydrogen) atoms. The largest absolute Gasteiger partial charge is 0.310 e. The van der Waals surface area contributed by atoms with E-state index in [2.05, 4.69) is 47.8 Å². The van der Waals surface area contributed by atoms with E-state index in [-0.39, 0.29) is 11.8 Å². The van der Waals surface area contributed by atoms with Crippen LogP contribution in [0.15, 0.2) is 41.9 Å².